The van der Waals surface area contributed by atoms with Gasteiger partial charge in [-0.2, -0.15) is 0 Å². The lowest BCUT2D eigenvalue weighted by molar-refractivity contribution is -0.0390. The van der Waals surface area contributed by atoms with E-state index in [0.29, 0.717) is 12.7 Å². The summed E-state index contributed by atoms with van der Waals surface area (Å²) < 4.78 is 11.4. The Morgan fingerprint density at radius 3 is 2.59 bits per heavy atom. The molecule has 27 heavy (non-hydrogen) atoms. The fraction of sp³-hybridized carbons (Fsp3) is 0.667. The second-order valence-electron chi connectivity index (χ2n) is 7.51. The van der Waals surface area contributed by atoms with Crippen molar-refractivity contribution in [2.24, 2.45) is 10.9 Å². The van der Waals surface area contributed by atoms with Gasteiger partial charge in [0.1, 0.15) is 0 Å². The molecule has 2 aliphatic heterocycles. The number of nitrogens with zero attached hydrogens (tertiary/aromatic N) is 2. The highest BCUT2D eigenvalue weighted by Gasteiger charge is 2.18. The highest BCUT2D eigenvalue weighted by Crippen LogP contribution is 2.17. The van der Waals surface area contributed by atoms with Crippen LogP contribution in [0.5, 0.6) is 0 Å². The topological polar surface area (TPSA) is 46.1 Å². The van der Waals surface area contributed by atoms with Gasteiger partial charge in [-0.1, -0.05) is 31.2 Å². The van der Waals surface area contributed by atoms with Crippen molar-refractivity contribution in [1.82, 2.24) is 10.2 Å². The first kappa shape index (κ1) is 22.4. The van der Waals surface area contributed by atoms with Crippen LogP contribution in [-0.2, 0) is 22.6 Å². The molecule has 0 atom stereocenters. The van der Waals surface area contributed by atoms with E-state index in [0.717, 1.165) is 57.6 Å². The number of halogens is 1. The van der Waals surface area contributed by atoms with E-state index in [1.165, 1.54) is 24.0 Å². The second-order valence-corrected chi connectivity index (χ2v) is 7.51. The third-order valence-electron chi connectivity index (χ3n) is 5.39. The average molecular weight is 487 g/mol. The Kier molecular flexibility index (Phi) is 9.86. The standard InChI is InChI=1S/C21H33N3O2.HI/c1-17-6-10-24(11-7-17)21(22-2)23-15-18-4-3-5-19(14-18)16-26-20-8-12-25-13-9-20;/h3-5,14,17,20H,6-13,15-16H2,1-2H3,(H,22,23);1H. The van der Waals surface area contributed by atoms with Gasteiger partial charge in [0.15, 0.2) is 5.96 Å². The van der Waals surface area contributed by atoms with Gasteiger partial charge in [-0.15, -0.1) is 24.0 Å². The molecule has 0 bridgehead atoms. The fourth-order valence-corrected chi connectivity index (χ4v) is 3.62. The van der Waals surface area contributed by atoms with Crippen molar-refractivity contribution in [3.8, 4) is 0 Å². The van der Waals surface area contributed by atoms with E-state index in [1.54, 1.807) is 0 Å². The van der Waals surface area contributed by atoms with Crippen LogP contribution in [0.2, 0.25) is 0 Å². The molecule has 0 aliphatic carbocycles. The summed E-state index contributed by atoms with van der Waals surface area (Å²) in [5.41, 5.74) is 2.50. The number of nitrogens with one attached hydrogen (secondary N) is 1. The highest BCUT2D eigenvalue weighted by molar-refractivity contribution is 14.0. The van der Waals surface area contributed by atoms with Crippen molar-refractivity contribution >= 4 is 29.9 Å². The predicted molar refractivity (Wildman–Crippen MR) is 121 cm³/mol. The minimum atomic E-state index is 0. The molecule has 0 spiro atoms. The Balaban J connectivity index is 0.00000261. The zero-order valence-corrected chi connectivity index (χ0v) is 19.0. The molecule has 0 amide bonds. The van der Waals surface area contributed by atoms with Gasteiger partial charge >= 0.3 is 0 Å². The summed E-state index contributed by atoms with van der Waals surface area (Å²) in [5, 5.41) is 3.52. The summed E-state index contributed by atoms with van der Waals surface area (Å²) >= 11 is 0. The summed E-state index contributed by atoms with van der Waals surface area (Å²) in [5.74, 6) is 1.84. The van der Waals surface area contributed by atoms with Crippen LogP contribution in [-0.4, -0.2) is 50.3 Å². The van der Waals surface area contributed by atoms with Gasteiger partial charge in [-0.25, -0.2) is 0 Å². The van der Waals surface area contributed by atoms with E-state index in [-0.39, 0.29) is 24.0 Å². The molecular weight excluding hydrogens is 453 g/mol. The van der Waals surface area contributed by atoms with E-state index in [9.17, 15) is 0 Å². The minimum Gasteiger partial charge on any atom is -0.381 e. The van der Waals surface area contributed by atoms with Gasteiger partial charge in [0.05, 0.1) is 12.7 Å². The van der Waals surface area contributed by atoms with E-state index < -0.39 is 0 Å². The van der Waals surface area contributed by atoms with Crippen LogP contribution in [0.1, 0.15) is 43.7 Å². The van der Waals surface area contributed by atoms with Crippen LogP contribution < -0.4 is 5.32 Å². The molecule has 5 nitrogen and oxygen atoms in total. The van der Waals surface area contributed by atoms with Crippen LogP contribution in [0.25, 0.3) is 0 Å². The molecular formula is C21H34IN3O2. The number of hydrogen-bond acceptors (Lipinski definition) is 3. The van der Waals surface area contributed by atoms with Gasteiger partial charge in [-0.05, 0) is 42.7 Å². The molecule has 0 saturated carbocycles. The first-order valence-corrected chi connectivity index (χ1v) is 9.97. The Morgan fingerprint density at radius 1 is 1.19 bits per heavy atom. The van der Waals surface area contributed by atoms with Crippen molar-refractivity contribution in [1.29, 1.82) is 0 Å². The van der Waals surface area contributed by atoms with Crippen LogP contribution in [0.4, 0.5) is 0 Å². The molecule has 2 aliphatic rings. The summed E-state index contributed by atoms with van der Waals surface area (Å²) in [6.45, 7) is 7.65. The van der Waals surface area contributed by atoms with E-state index in [1.807, 2.05) is 7.05 Å². The first-order chi connectivity index (χ1) is 12.7. The van der Waals surface area contributed by atoms with Crippen molar-refractivity contribution < 1.29 is 9.47 Å². The Bertz CT molecular complexity index is 583. The second kappa shape index (κ2) is 11.9. The number of hydrogen-bond donors (Lipinski definition) is 1. The Labute approximate surface area is 180 Å². The molecule has 0 radical (unpaired) electrons. The van der Waals surface area contributed by atoms with Crippen molar-refractivity contribution in [3.05, 3.63) is 35.4 Å². The van der Waals surface area contributed by atoms with Crippen LogP contribution >= 0.6 is 24.0 Å². The van der Waals surface area contributed by atoms with E-state index in [4.69, 9.17) is 9.47 Å². The molecule has 1 N–H and O–H groups in total. The van der Waals surface area contributed by atoms with Crippen molar-refractivity contribution in [3.63, 3.8) is 0 Å². The monoisotopic (exact) mass is 487 g/mol. The SMILES string of the molecule is CN=C(NCc1cccc(COC2CCOCC2)c1)N1CCC(C)CC1.I. The van der Waals surface area contributed by atoms with Gasteiger partial charge < -0.3 is 19.7 Å². The maximum atomic E-state index is 6.04. The van der Waals surface area contributed by atoms with Gasteiger partial charge in [0.2, 0.25) is 0 Å². The average Bonchev–Trinajstić information content (AvgIpc) is 2.69. The lowest BCUT2D eigenvalue weighted by Crippen LogP contribution is -2.45. The summed E-state index contributed by atoms with van der Waals surface area (Å²) in [4.78, 5) is 6.84. The van der Waals surface area contributed by atoms with Crippen LogP contribution in [0.3, 0.4) is 0 Å². The highest BCUT2D eigenvalue weighted by atomic mass is 127. The van der Waals surface area contributed by atoms with Gasteiger partial charge in [0.25, 0.3) is 0 Å². The summed E-state index contributed by atoms with van der Waals surface area (Å²) in [7, 11) is 1.87. The number of aliphatic imine (C=N–C) groups is 1. The number of rotatable bonds is 5. The molecule has 6 heteroatoms. The zero-order valence-electron chi connectivity index (χ0n) is 16.7. The molecule has 152 valence electrons. The summed E-state index contributed by atoms with van der Waals surface area (Å²) in [6, 6.07) is 8.66. The van der Waals surface area contributed by atoms with Crippen molar-refractivity contribution in [2.45, 2.75) is 51.9 Å². The third-order valence-corrected chi connectivity index (χ3v) is 5.39. The summed E-state index contributed by atoms with van der Waals surface area (Å²) in [6.07, 6.45) is 4.85. The maximum Gasteiger partial charge on any atom is 0.193 e. The maximum absolute atomic E-state index is 6.04. The number of ether oxygens (including phenoxy) is 2. The lowest BCUT2D eigenvalue weighted by atomic mass is 9.99. The minimum absolute atomic E-state index is 0. The van der Waals surface area contributed by atoms with Crippen LogP contribution in [0, 0.1) is 5.92 Å². The van der Waals surface area contributed by atoms with E-state index >= 15 is 0 Å². The normalized spacial score (nSPS) is 19.6. The Morgan fingerprint density at radius 2 is 1.89 bits per heavy atom. The predicted octanol–water partition coefficient (Wildman–Crippen LogP) is 3.81. The number of guanidine groups is 1. The molecule has 2 saturated heterocycles. The molecule has 0 aromatic heterocycles. The first-order valence-electron chi connectivity index (χ1n) is 9.97. The third kappa shape index (κ3) is 7.23. The lowest BCUT2D eigenvalue weighted by Gasteiger charge is -2.33. The fourth-order valence-electron chi connectivity index (χ4n) is 3.62. The Hall–Kier alpha value is -0.860. The quantitative estimate of drug-likeness (QED) is 0.390. The molecule has 1 aromatic carbocycles. The molecule has 1 aromatic rings. The number of piperidine rings is 1. The molecule has 3 rings (SSSR count). The van der Waals surface area contributed by atoms with Gasteiger partial charge in [-0.3, -0.25) is 4.99 Å². The zero-order chi connectivity index (χ0) is 18.2. The molecule has 2 fully saturated rings. The smallest absolute Gasteiger partial charge is 0.193 e. The molecule has 2 heterocycles. The van der Waals surface area contributed by atoms with Crippen LogP contribution in [0.15, 0.2) is 29.3 Å². The largest absolute Gasteiger partial charge is 0.381 e. The van der Waals surface area contributed by atoms with Gasteiger partial charge in [0, 0.05) is 39.9 Å². The number of benzene rings is 1. The van der Waals surface area contributed by atoms with E-state index in [2.05, 4.69) is 46.4 Å². The molecule has 0 unspecified atom stereocenters. The number of likely N-dealkylation sites (tertiary alicyclic amines) is 1. The van der Waals surface area contributed by atoms with Crippen molar-refractivity contribution in [2.75, 3.05) is 33.4 Å².